The lowest BCUT2D eigenvalue weighted by Crippen LogP contribution is -2.43. The molecule has 0 atom stereocenters. The van der Waals surface area contributed by atoms with Crippen LogP contribution in [0.1, 0.15) is 27.0 Å². The van der Waals surface area contributed by atoms with Crippen LogP contribution in [-0.4, -0.2) is 48.8 Å². The van der Waals surface area contributed by atoms with E-state index in [1.165, 1.54) is 12.1 Å². The number of carbonyl (C=O) groups is 1. The number of rotatable bonds is 4. The van der Waals surface area contributed by atoms with Crippen molar-refractivity contribution in [3.8, 4) is 0 Å². The predicted molar refractivity (Wildman–Crippen MR) is 94.1 cm³/mol. The lowest BCUT2D eigenvalue weighted by Gasteiger charge is -2.32. The number of likely N-dealkylation sites (N-methyl/N-ethyl adjacent to an activating group) is 1. The molecule has 26 heavy (non-hydrogen) atoms. The number of ketones is 1. The summed E-state index contributed by atoms with van der Waals surface area (Å²) in [7, 11) is 2.10. The van der Waals surface area contributed by atoms with Gasteiger partial charge < -0.3 is 4.90 Å². The van der Waals surface area contributed by atoms with E-state index >= 15 is 0 Å². The monoisotopic (exact) mass is 362 g/mol. The van der Waals surface area contributed by atoms with Gasteiger partial charge in [0.05, 0.1) is 5.56 Å². The Morgan fingerprint density at radius 3 is 2.23 bits per heavy atom. The zero-order valence-corrected chi connectivity index (χ0v) is 14.6. The number of carbonyl (C=O) groups excluding carboxylic acids is 1. The zero-order valence-electron chi connectivity index (χ0n) is 14.6. The van der Waals surface area contributed by atoms with E-state index < -0.39 is 11.7 Å². The topological polar surface area (TPSA) is 23.6 Å². The number of halogens is 3. The minimum absolute atomic E-state index is 0.259. The third-order valence-corrected chi connectivity index (χ3v) is 4.67. The van der Waals surface area contributed by atoms with Crippen LogP contribution in [0.4, 0.5) is 13.2 Å². The van der Waals surface area contributed by atoms with Gasteiger partial charge in [-0.1, -0.05) is 30.3 Å². The highest BCUT2D eigenvalue weighted by atomic mass is 19.4. The second-order valence-electron chi connectivity index (χ2n) is 6.68. The van der Waals surface area contributed by atoms with Gasteiger partial charge in [0, 0.05) is 43.9 Å². The smallest absolute Gasteiger partial charge is 0.304 e. The maximum atomic E-state index is 12.7. The van der Waals surface area contributed by atoms with Crippen LogP contribution in [0, 0.1) is 0 Å². The van der Waals surface area contributed by atoms with Crippen LogP contribution in [0.2, 0.25) is 0 Å². The fourth-order valence-electron chi connectivity index (χ4n) is 3.05. The highest BCUT2D eigenvalue weighted by Crippen LogP contribution is 2.29. The molecule has 0 aromatic heterocycles. The first-order valence-corrected chi connectivity index (χ1v) is 8.55. The van der Waals surface area contributed by atoms with Crippen molar-refractivity contribution < 1.29 is 18.0 Å². The molecule has 0 radical (unpaired) electrons. The molecule has 0 spiro atoms. The standard InChI is InChI=1S/C20H21F3N2O/c1-24-9-11-25(12-10-24)14-15-3-2-4-17(13-15)19(26)16-5-7-18(8-6-16)20(21,22)23/h2-8,13H,9-12,14H2,1H3. The first-order valence-electron chi connectivity index (χ1n) is 8.55. The van der Waals surface area contributed by atoms with Crippen molar-refractivity contribution in [2.45, 2.75) is 12.7 Å². The van der Waals surface area contributed by atoms with Crippen LogP contribution in [0.15, 0.2) is 48.5 Å². The van der Waals surface area contributed by atoms with Gasteiger partial charge in [-0.2, -0.15) is 13.2 Å². The fourth-order valence-corrected chi connectivity index (χ4v) is 3.05. The van der Waals surface area contributed by atoms with Crippen molar-refractivity contribution in [2.75, 3.05) is 33.2 Å². The third kappa shape index (κ3) is 4.51. The van der Waals surface area contributed by atoms with Gasteiger partial charge in [-0.15, -0.1) is 0 Å². The number of piperazine rings is 1. The van der Waals surface area contributed by atoms with Crippen molar-refractivity contribution in [1.29, 1.82) is 0 Å². The summed E-state index contributed by atoms with van der Waals surface area (Å²) >= 11 is 0. The summed E-state index contributed by atoms with van der Waals surface area (Å²) in [5.41, 5.74) is 1.04. The van der Waals surface area contributed by atoms with Gasteiger partial charge in [0.25, 0.3) is 0 Å². The maximum absolute atomic E-state index is 12.7. The zero-order chi connectivity index (χ0) is 18.7. The highest BCUT2D eigenvalue weighted by molar-refractivity contribution is 6.09. The number of alkyl halides is 3. The van der Waals surface area contributed by atoms with Gasteiger partial charge in [0.1, 0.15) is 0 Å². The van der Waals surface area contributed by atoms with E-state index in [9.17, 15) is 18.0 Å². The molecular weight excluding hydrogens is 341 g/mol. The Hall–Kier alpha value is -2.18. The van der Waals surface area contributed by atoms with Gasteiger partial charge in [-0.05, 0) is 30.8 Å². The Morgan fingerprint density at radius 2 is 1.62 bits per heavy atom. The molecule has 0 unspecified atom stereocenters. The summed E-state index contributed by atoms with van der Waals surface area (Å²) in [6.07, 6.45) is -4.40. The molecule has 138 valence electrons. The number of benzene rings is 2. The third-order valence-electron chi connectivity index (χ3n) is 4.67. The van der Waals surface area contributed by atoms with Crippen LogP contribution in [-0.2, 0) is 12.7 Å². The molecular formula is C20H21F3N2O. The molecule has 0 bridgehead atoms. The predicted octanol–water partition coefficient (Wildman–Crippen LogP) is 3.68. The molecule has 1 aliphatic rings. The minimum atomic E-state index is -4.40. The first-order chi connectivity index (χ1) is 12.3. The van der Waals surface area contributed by atoms with E-state index in [1.54, 1.807) is 6.07 Å². The normalized spacial score (nSPS) is 16.6. The lowest BCUT2D eigenvalue weighted by atomic mass is 10.00. The van der Waals surface area contributed by atoms with E-state index in [2.05, 4.69) is 16.8 Å². The van der Waals surface area contributed by atoms with Crippen molar-refractivity contribution in [1.82, 2.24) is 9.80 Å². The maximum Gasteiger partial charge on any atom is 0.416 e. The molecule has 0 saturated carbocycles. The van der Waals surface area contributed by atoms with Crippen LogP contribution in [0.5, 0.6) is 0 Å². The fraction of sp³-hybridized carbons (Fsp3) is 0.350. The summed E-state index contributed by atoms with van der Waals surface area (Å²) in [6.45, 7) is 4.76. The van der Waals surface area contributed by atoms with Gasteiger partial charge in [-0.3, -0.25) is 9.69 Å². The summed E-state index contributed by atoms with van der Waals surface area (Å²) in [6, 6.07) is 11.7. The quantitative estimate of drug-likeness (QED) is 0.775. The minimum Gasteiger partial charge on any atom is -0.304 e. The first kappa shape index (κ1) is 18.6. The van der Waals surface area contributed by atoms with Crippen LogP contribution in [0.3, 0.4) is 0 Å². The van der Waals surface area contributed by atoms with E-state index in [0.29, 0.717) is 5.56 Å². The average molecular weight is 362 g/mol. The average Bonchev–Trinajstić information content (AvgIpc) is 2.63. The molecule has 3 rings (SSSR count). The second-order valence-corrected chi connectivity index (χ2v) is 6.68. The molecule has 1 fully saturated rings. The van der Waals surface area contributed by atoms with Crippen molar-refractivity contribution in [2.24, 2.45) is 0 Å². The lowest BCUT2D eigenvalue weighted by molar-refractivity contribution is -0.137. The van der Waals surface area contributed by atoms with Gasteiger partial charge in [0.15, 0.2) is 5.78 Å². The SMILES string of the molecule is CN1CCN(Cc2cccc(C(=O)c3ccc(C(F)(F)F)cc3)c2)CC1. The van der Waals surface area contributed by atoms with Crippen LogP contribution in [0.25, 0.3) is 0 Å². The van der Waals surface area contributed by atoms with Gasteiger partial charge in [-0.25, -0.2) is 0 Å². The Bertz CT molecular complexity index is 763. The van der Waals surface area contributed by atoms with Gasteiger partial charge in [0.2, 0.25) is 0 Å². The Kier molecular flexibility index (Phi) is 5.44. The van der Waals surface area contributed by atoms with Gasteiger partial charge >= 0.3 is 6.18 Å². The van der Waals surface area contributed by atoms with Crippen LogP contribution < -0.4 is 0 Å². The van der Waals surface area contributed by atoms with Crippen LogP contribution >= 0.6 is 0 Å². The van der Waals surface area contributed by atoms with E-state index in [1.807, 2.05) is 18.2 Å². The Morgan fingerprint density at radius 1 is 0.962 bits per heavy atom. The summed E-state index contributed by atoms with van der Waals surface area (Å²) < 4.78 is 38.0. The number of hydrogen-bond donors (Lipinski definition) is 0. The largest absolute Gasteiger partial charge is 0.416 e. The molecule has 0 N–H and O–H groups in total. The molecule has 0 aliphatic carbocycles. The van der Waals surface area contributed by atoms with Crippen molar-refractivity contribution >= 4 is 5.78 Å². The summed E-state index contributed by atoms with van der Waals surface area (Å²) in [5.74, 6) is -0.265. The molecule has 1 saturated heterocycles. The Balaban J connectivity index is 1.72. The van der Waals surface area contributed by atoms with E-state index in [0.717, 1.165) is 50.4 Å². The van der Waals surface area contributed by atoms with E-state index in [4.69, 9.17) is 0 Å². The molecule has 1 heterocycles. The Labute approximate surface area is 151 Å². The molecule has 2 aromatic rings. The molecule has 1 aliphatic heterocycles. The molecule has 3 nitrogen and oxygen atoms in total. The summed E-state index contributed by atoms with van der Waals surface area (Å²) in [5, 5.41) is 0. The molecule has 6 heteroatoms. The van der Waals surface area contributed by atoms with Crippen molar-refractivity contribution in [3.63, 3.8) is 0 Å². The number of nitrogens with zero attached hydrogens (tertiary/aromatic N) is 2. The van der Waals surface area contributed by atoms with E-state index in [-0.39, 0.29) is 11.3 Å². The highest BCUT2D eigenvalue weighted by Gasteiger charge is 2.30. The second kappa shape index (κ2) is 7.60. The molecule has 2 aromatic carbocycles. The van der Waals surface area contributed by atoms with Crippen molar-refractivity contribution in [3.05, 3.63) is 70.8 Å². The number of hydrogen-bond acceptors (Lipinski definition) is 3. The molecule has 0 amide bonds. The summed E-state index contributed by atoms with van der Waals surface area (Å²) in [4.78, 5) is 17.2.